The topological polar surface area (TPSA) is 176 Å². The van der Waals surface area contributed by atoms with E-state index in [2.05, 4.69) is 37.3 Å². The van der Waals surface area contributed by atoms with E-state index in [1.54, 1.807) is 0 Å². The number of anilines is 1. The Morgan fingerprint density at radius 3 is 2.25 bits per heavy atom. The van der Waals surface area contributed by atoms with Crippen molar-refractivity contribution >= 4 is 59.8 Å². The van der Waals surface area contributed by atoms with Gasteiger partial charge < -0.3 is 10.6 Å². The maximum absolute atomic E-state index is 15.6. The Balaban J connectivity index is 1.40. The molecule has 0 saturated heterocycles. The number of rotatable bonds is 16. The molecule has 2 saturated carbocycles. The number of halogens is 9. The Morgan fingerprint density at radius 1 is 1.00 bits per heavy atom. The number of fused-ring (bicyclic) bond motifs is 2. The molecule has 1 unspecified atom stereocenters. The van der Waals surface area contributed by atoms with Gasteiger partial charge in [0, 0.05) is 34.9 Å². The molecule has 348 valence electrons. The molecule has 0 aliphatic heterocycles. The number of amides is 1. The van der Waals surface area contributed by atoms with Gasteiger partial charge in [-0.3, -0.25) is 19.6 Å². The molecule has 2 aromatic carbocycles. The highest BCUT2D eigenvalue weighted by Gasteiger charge is 2.61. The number of hydrogen-bond acceptors (Lipinski definition) is 9. The fourth-order valence-corrected chi connectivity index (χ4v) is 9.68. The molecule has 2 aromatic heterocycles. The summed E-state index contributed by atoms with van der Waals surface area (Å²) in [4.78, 5) is 18.6. The third kappa shape index (κ3) is 9.68. The monoisotopic (exact) mass is 973 g/mol. The molecule has 0 bridgehead atoms. The summed E-state index contributed by atoms with van der Waals surface area (Å²) in [6.07, 6.45) is -5.20. The van der Waals surface area contributed by atoms with Crippen molar-refractivity contribution in [3.05, 3.63) is 87.3 Å². The summed E-state index contributed by atoms with van der Waals surface area (Å²) in [7, 11) is -7.83. The molecule has 12 nitrogen and oxygen atoms in total. The highest BCUT2D eigenvalue weighted by molar-refractivity contribution is 7.93. The van der Waals surface area contributed by atoms with E-state index in [4.69, 9.17) is 17.0 Å². The van der Waals surface area contributed by atoms with Crippen LogP contribution in [0.3, 0.4) is 0 Å². The number of allylic oxidation sites excluding steroid dienone is 2. The summed E-state index contributed by atoms with van der Waals surface area (Å²) in [6, 6.07) is 6.26. The molecular weight excluding hydrogens is 934 g/mol. The van der Waals surface area contributed by atoms with E-state index in [1.165, 1.54) is 38.1 Å². The SMILES string of the molecule is CC(C)(C#Cc1ccc(-c2ccc(Cl)c3c(NS(=O)(=O)C4CC4)nn(CC(F)F)c23)c([C@H](Cc2cc(F)cc(F)c2)NC(=O)CNC2=C(C(=N)C(F)F)C3CC[C@H]3C2(F)F)n1)S(C)(=O)=O. The smallest absolute Gasteiger partial charge is 0.290 e. The molecule has 1 amide bonds. The van der Waals surface area contributed by atoms with Gasteiger partial charge in [0.2, 0.25) is 15.9 Å². The molecule has 4 N–H and O–H groups in total. The van der Waals surface area contributed by atoms with Crippen LogP contribution in [0.5, 0.6) is 0 Å². The second-order valence-corrected chi connectivity index (χ2v) is 21.6. The van der Waals surface area contributed by atoms with Crippen LogP contribution in [0.25, 0.3) is 22.0 Å². The number of alkyl halides is 6. The Bertz CT molecular complexity index is 2910. The molecule has 3 atom stereocenters. The van der Waals surface area contributed by atoms with Crippen LogP contribution < -0.4 is 15.4 Å². The van der Waals surface area contributed by atoms with Gasteiger partial charge in [0.1, 0.15) is 34.3 Å². The largest absolute Gasteiger partial charge is 0.374 e. The molecule has 0 spiro atoms. The highest BCUT2D eigenvalue weighted by Crippen LogP contribution is 2.58. The van der Waals surface area contributed by atoms with Gasteiger partial charge in [-0.15, -0.1) is 0 Å². The minimum Gasteiger partial charge on any atom is -0.374 e. The molecule has 65 heavy (non-hydrogen) atoms. The van der Waals surface area contributed by atoms with E-state index in [0.29, 0.717) is 18.9 Å². The number of aromatic nitrogens is 3. The predicted octanol–water partition coefficient (Wildman–Crippen LogP) is 7.58. The molecule has 3 aliphatic rings. The molecule has 23 heteroatoms. The number of pyridine rings is 1. The molecule has 0 radical (unpaired) electrons. The summed E-state index contributed by atoms with van der Waals surface area (Å²) in [6.45, 7) is 0.577. The number of nitrogens with one attached hydrogen (secondary N) is 4. The summed E-state index contributed by atoms with van der Waals surface area (Å²) in [5, 5.41) is 15.9. The van der Waals surface area contributed by atoms with Gasteiger partial charge in [0.25, 0.3) is 18.8 Å². The second kappa shape index (κ2) is 17.5. The van der Waals surface area contributed by atoms with E-state index in [9.17, 15) is 48.0 Å². The van der Waals surface area contributed by atoms with Crippen LogP contribution in [0, 0.1) is 40.7 Å². The van der Waals surface area contributed by atoms with Gasteiger partial charge in [-0.25, -0.2) is 48.2 Å². The van der Waals surface area contributed by atoms with Crippen molar-refractivity contribution in [3.8, 4) is 23.0 Å². The van der Waals surface area contributed by atoms with E-state index in [-0.39, 0.29) is 62.7 Å². The van der Waals surface area contributed by atoms with Gasteiger partial charge in [-0.05, 0) is 93.7 Å². The van der Waals surface area contributed by atoms with E-state index < -0.39 is 121 Å². The predicted molar refractivity (Wildman–Crippen MR) is 226 cm³/mol. The lowest BCUT2D eigenvalue weighted by atomic mass is 9.71. The van der Waals surface area contributed by atoms with Crippen LogP contribution >= 0.6 is 11.6 Å². The number of hydrogen-bond donors (Lipinski definition) is 4. The van der Waals surface area contributed by atoms with Crippen LogP contribution in [-0.2, 0) is 37.6 Å². The molecular formula is C42H40ClF8N7O5S2. The normalized spacial score (nSPS) is 18.9. The second-order valence-electron chi connectivity index (χ2n) is 16.6. The minimum atomic E-state index is -4.04. The summed E-state index contributed by atoms with van der Waals surface area (Å²) < 4.78 is 169. The summed E-state index contributed by atoms with van der Waals surface area (Å²) in [5.41, 5.74) is -3.49. The Kier molecular flexibility index (Phi) is 12.8. The number of carbonyl (C=O) groups excluding carboxylic acids is 1. The Morgan fingerprint density at radius 2 is 1.66 bits per heavy atom. The van der Waals surface area contributed by atoms with Gasteiger partial charge >= 0.3 is 0 Å². The summed E-state index contributed by atoms with van der Waals surface area (Å²) >= 11 is 6.62. The van der Waals surface area contributed by atoms with Crippen molar-refractivity contribution in [3.63, 3.8) is 0 Å². The van der Waals surface area contributed by atoms with Crippen molar-refractivity contribution < 1.29 is 56.8 Å². The van der Waals surface area contributed by atoms with E-state index in [0.717, 1.165) is 23.1 Å². The first-order valence-corrected chi connectivity index (χ1v) is 23.8. The van der Waals surface area contributed by atoms with E-state index >= 15 is 8.78 Å². The van der Waals surface area contributed by atoms with Gasteiger partial charge in [-0.2, -0.15) is 13.9 Å². The van der Waals surface area contributed by atoms with Crippen molar-refractivity contribution in [2.75, 3.05) is 17.5 Å². The lowest BCUT2D eigenvalue weighted by Gasteiger charge is -2.35. The van der Waals surface area contributed by atoms with Gasteiger partial charge in [0.05, 0.1) is 45.2 Å². The number of sulfone groups is 1. The third-order valence-electron chi connectivity index (χ3n) is 11.7. The van der Waals surface area contributed by atoms with Crippen LogP contribution in [0.15, 0.2) is 53.7 Å². The maximum Gasteiger partial charge on any atom is 0.290 e. The van der Waals surface area contributed by atoms with Crippen molar-refractivity contribution in [2.45, 2.75) is 87.3 Å². The fourth-order valence-electron chi connectivity index (χ4n) is 7.86. The maximum atomic E-state index is 15.6. The van der Waals surface area contributed by atoms with Crippen molar-refractivity contribution in [1.82, 2.24) is 25.4 Å². The van der Waals surface area contributed by atoms with Crippen LogP contribution in [-0.4, -0.2) is 84.8 Å². The average molecular weight is 974 g/mol. The number of benzene rings is 2. The quantitative estimate of drug-likeness (QED) is 0.0505. The third-order valence-corrected chi connectivity index (χ3v) is 15.8. The number of carbonyl (C=O) groups is 1. The lowest BCUT2D eigenvalue weighted by molar-refractivity contribution is -0.121. The molecule has 7 rings (SSSR count). The first kappa shape index (κ1) is 47.7. The van der Waals surface area contributed by atoms with Gasteiger partial charge in [0.15, 0.2) is 15.7 Å². The molecule has 2 heterocycles. The van der Waals surface area contributed by atoms with Crippen LogP contribution in [0.4, 0.5) is 40.9 Å². The highest BCUT2D eigenvalue weighted by atomic mass is 35.5. The molecule has 4 aromatic rings. The number of sulfonamides is 1. The first-order valence-electron chi connectivity index (χ1n) is 20.0. The Labute approximate surface area is 373 Å². The fraction of sp³-hybridized carbons (Fsp3) is 0.429. The molecule has 2 fully saturated rings. The van der Waals surface area contributed by atoms with Crippen LogP contribution in [0.1, 0.15) is 62.5 Å². The molecule has 3 aliphatic carbocycles. The van der Waals surface area contributed by atoms with E-state index in [1.807, 2.05) is 0 Å². The number of nitrogens with zero attached hydrogens (tertiary/aromatic N) is 3. The van der Waals surface area contributed by atoms with Crippen molar-refractivity contribution in [1.29, 1.82) is 5.41 Å². The standard InChI is InChI=1S/C42H40ClF8N7O5S2/c1-41(2,64(3,60)61)13-12-23-4-7-25(26-9-11-29(43)34-37(26)58(19-31(46)47)56-40(34)57-65(62,63)24-5-6-24)36(54-23)30(16-20-14-21(44)17-22(45)15-20)55-32(59)18-53-38-33(35(52)39(48)49)27-8-10-28(27)42(38,50)51/h4,7,9,11,14-15,17,24,27-28,30-31,39,52-53H,5-6,8,10,16,18-19H2,1-3H3,(H,55,59)(H,56,57)/t27?,28-,30+/m1/s1. The zero-order valence-electron chi connectivity index (χ0n) is 34.6. The minimum absolute atomic E-state index is 0.00369. The zero-order valence-corrected chi connectivity index (χ0v) is 36.9. The lowest BCUT2D eigenvalue weighted by Crippen LogP contribution is -2.42. The summed E-state index contributed by atoms with van der Waals surface area (Å²) in [5.74, 6) is -4.35. The average Bonchev–Trinajstić information content (AvgIpc) is 3.96. The first-order chi connectivity index (χ1) is 30.3. The van der Waals surface area contributed by atoms with Crippen molar-refractivity contribution in [2.24, 2.45) is 11.8 Å². The Hall–Kier alpha value is -5.27. The zero-order chi connectivity index (χ0) is 47.6. The van der Waals surface area contributed by atoms with Gasteiger partial charge in [-0.1, -0.05) is 23.6 Å². The van der Waals surface area contributed by atoms with Crippen LogP contribution in [0.2, 0.25) is 5.02 Å².